The number of nitrogens with zero attached hydrogens (tertiary/aromatic N) is 1. The predicted molar refractivity (Wildman–Crippen MR) is 106 cm³/mol. The van der Waals surface area contributed by atoms with Gasteiger partial charge in [-0.05, 0) is 24.8 Å². The van der Waals surface area contributed by atoms with Crippen LogP contribution in [0.3, 0.4) is 0 Å². The van der Waals surface area contributed by atoms with E-state index in [1.54, 1.807) is 0 Å². The maximum atomic E-state index is 14.4. The van der Waals surface area contributed by atoms with Crippen LogP contribution in [0.5, 0.6) is 0 Å². The van der Waals surface area contributed by atoms with Crippen molar-refractivity contribution in [3.63, 3.8) is 0 Å². The number of amides is 1. The quantitative estimate of drug-likeness (QED) is 0.370. The standard InChI is InChI=1S/C21H24F3N4O3.U/c22-18-12(3-1-6-14(18)19(23)24)10-25-20-17(21-30-7-8-31-21)15(26-11-27-20)9-16(29)28-13-4-2-5-13;/h1,3,6,10-11,13,19-21,25H,2,4-5,7-9H2,(H,26,27)(H,28,29);/q-1;. The molecule has 0 bridgehead atoms. The normalized spacial score (nSPS) is 21.2. The molecule has 2 fully saturated rings. The minimum Gasteiger partial charge on any atom is -0.353 e. The Morgan fingerprint density at radius 1 is 1.28 bits per heavy atom. The van der Waals surface area contributed by atoms with Gasteiger partial charge in [0.05, 0.1) is 26.0 Å². The van der Waals surface area contributed by atoms with Crippen molar-refractivity contribution in [2.45, 2.75) is 50.6 Å². The van der Waals surface area contributed by atoms with Crippen LogP contribution in [0.1, 0.15) is 43.2 Å². The Balaban J connectivity index is 0.00000289. The van der Waals surface area contributed by atoms with Crippen LogP contribution in [0, 0.1) is 43.5 Å². The molecule has 172 valence electrons. The van der Waals surface area contributed by atoms with Crippen molar-refractivity contribution in [1.29, 1.82) is 0 Å². The van der Waals surface area contributed by atoms with Crippen LogP contribution in [-0.4, -0.2) is 44.0 Å². The SMILES string of the molecule is O=C(CC1=C(C2OCCO2)C(N[CH-]c2cccc(C(F)F)c2F)N=CN1)NC1CCC1.[U]. The second-order valence-electron chi connectivity index (χ2n) is 7.57. The summed E-state index contributed by atoms with van der Waals surface area (Å²) in [5.41, 5.74) is 0.441. The Hall–Kier alpha value is -1.51. The van der Waals surface area contributed by atoms with Crippen molar-refractivity contribution in [3.05, 3.63) is 53.0 Å². The van der Waals surface area contributed by atoms with E-state index in [1.165, 1.54) is 25.0 Å². The Morgan fingerprint density at radius 3 is 2.69 bits per heavy atom. The molecule has 0 aromatic heterocycles. The Bertz CT molecular complexity index is 874. The first kappa shape index (κ1) is 25.1. The third-order valence-corrected chi connectivity index (χ3v) is 5.48. The largest absolute Gasteiger partial charge is 0.353 e. The van der Waals surface area contributed by atoms with Crippen LogP contribution in [0.25, 0.3) is 0 Å². The summed E-state index contributed by atoms with van der Waals surface area (Å²) in [4.78, 5) is 16.8. The van der Waals surface area contributed by atoms with E-state index in [9.17, 15) is 18.0 Å². The fourth-order valence-electron chi connectivity index (χ4n) is 3.62. The summed E-state index contributed by atoms with van der Waals surface area (Å²) in [5.74, 6) is -1.13. The number of aliphatic imine (C=N–C) groups is 1. The monoisotopic (exact) mass is 675 g/mol. The van der Waals surface area contributed by atoms with Crippen molar-refractivity contribution in [2.24, 2.45) is 4.99 Å². The molecular formula is C21H24F3N4O3U-. The van der Waals surface area contributed by atoms with Gasteiger partial charge in [0.15, 0.2) is 6.29 Å². The third-order valence-electron chi connectivity index (χ3n) is 5.48. The van der Waals surface area contributed by atoms with E-state index < -0.39 is 30.3 Å². The van der Waals surface area contributed by atoms with E-state index in [4.69, 9.17) is 9.47 Å². The summed E-state index contributed by atoms with van der Waals surface area (Å²) in [7, 11) is 0. The van der Waals surface area contributed by atoms with E-state index in [0.717, 1.165) is 25.3 Å². The molecule has 11 heteroatoms. The summed E-state index contributed by atoms with van der Waals surface area (Å²) in [6, 6.07) is 4.00. The molecule has 1 saturated heterocycles. The second kappa shape index (κ2) is 11.6. The van der Waals surface area contributed by atoms with Gasteiger partial charge in [0.25, 0.3) is 6.43 Å². The first-order valence-electron chi connectivity index (χ1n) is 10.2. The zero-order chi connectivity index (χ0) is 21.8. The number of nitrogens with one attached hydrogen (secondary N) is 3. The number of hydrogen-bond donors (Lipinski definition) is 3. The van der Waals surface area contributed by atoms with Crippen LogP contribution >= 0.6 is 0 Å². The summed E-state index contributed by atoms with van der Waals surface area (Å²) in [5, 5.41) is 8.91. The first-order valence-corrected chi connectivity index (χ1v) is 10.2. The predicted octanol–water partition coefficient (Wildman–Crippen LogP) is 2.51. The number of benzene rings is 1. The van der Waals surface area contributed by atoms with Gasteiger partial charge in [0.1, 0.15) is 6.17 Å². The smallest absolute Gasteiger partial charge is 0.255 e. The minimum absolute atomic E-state index is 0. The van der Waals surface area contributed by atoms with Crippen LogP contribution in [-0.2, 0) is 14.3 Å². The third kappa shape index (κ3) is 5.88. The van der Waals surface area contributed by atoms with Crippen LogP contribution < -0.4 is 16.0 Å². The number of rotatable bonds is 8. The van der Waals surface area contributed by atoms with E-state index in [1.807, 2.05) is 0 Å². The van der Waals surface area contributed by atoms with E-state index in [-0.39, 0.29) is 55.0 Å². The number of hydrogen-bond acceptors (Lipinski definition) is 6. The van der Waals surface area contributed by atoms with Crippen molar-refractivity contribution >= 4 is 12.2 Å². The van der Waals surface area contributed by atoms with E-state index >= 15 is 0 Å². The molecule has 1 aliphatic carbocycles. The molecule has 1 unspecified atom stereocenters. The van der Waals surface area contributed by atoms with Crippen LogP contribution in [0.15, 0.2) is 34.5 Å². The molecule has 1 aromatic rings. The molecule has 1 amide bonds. The molecule has 3 aliphatic rings. The molecule has 2 aliphatic heterocycles. The van der Waals surface area contributed by atoms with Crippen molar-refractivity contribution < 1.29 is 58.6 Å². The molecule has 0 spiro atoms. The van der Waals surface area contributed by atoms with E-state index in [2.05, 4.69) is 20.9 Å². The fraction of sp³-hybridized carbons (Fsp3) is 0.476. The number of ether oxygens (including phenoxy) is 2. The van der Waals surface area contributed by atoms with Gasteiger partial charge in [-0.3, -0.25) is 14.2 Å². The van der Waals surface area contributed by atoms with Gasteiger partial charge in [0, 0.05) is 54.2 Å². The average molecular weight is 675 g/mol. The molecule has 32 heavy (non-hydrogen) atoms. The average Bonchev–Trinajstić information content (AvgIpc) is 3.24. The number of carbonyl (C=O) groups is 1. The van der Waals surface area contributed by atoms with Crippen LogP contribution in [0.4, 0.5) is 13.2 Å². The molecule has 1 atom stereocenters. The molecule has 3 N–H and O–H groups in total. The zero-order valence-electron chi connectivity index (χ0n) is 17.2. The molecule has 0 radical (unpaired) electrons. The fourth-order valence-corrected chi connectivity index (χ4v) is 3.62. The van der Waals surface area contributed by atoms with Gasteiger partial charge >= 0.3 is 0 Å². The summed E-state index contributed by atoms with van der Waals surface area (Å²) < 4.78 is 51.6. The van der Waals surface area contributed by atoms with Gasteiger partial charge in [-0.2, -0.15) is 6.07 Å². The summed E-state index contributed by atoms with van der Waals surface area (Å²) in [6.07, 6.45) is 0.217. The van der Waals surface area contributed by atoms with Crippen molar-refractivity contribution in [3.8, 4) is 0 Å². The molecule has 7 nitrogen and oxygen atoms in total. The van der Waals surface area contributed by atoms with Gasteiger partial charge in [-0.15, -0.1) is 18.2 Å². The van der Waals surface area contributed by atoms with Crippen LogP contribution in [0.2, 0.25) is 0 Å². The molecule has 2 heterocycles. The number of carbonyl (C=O) groups excluding carboxylic acids is 1. The molecular weight excluding hydrogens is 651 g/mol. The molecule has 1 aromatic carbocycles. The van der Waals surface area contributed by atoms with Gasteiger partial charge in [-0.1, -0.05) is 6.07 Å². The number of alkyl halides is 2. The summed E-state index contributed by atoms with van der Waals surface area (Å²) >= 11 is 0. The molecule has 4 rings (SSSR count). The van der Waals surface area contributed by atoms with Gasteiger partial charge in [0.2, 0.25) is 5.91 Å². The Morgan fingerprint density at radius 2 is 2.03 bits per heavy atom. The maximum absolute atomic E-state index is 14.4. The first-order chi connectivity index (χ1) is 15.0. The Kier molecular flexibility index (Phi) is 9.08. The maximum Gasteiger partial charge on any atom is 0.255 e. The van der Waals surface area contributed by atoms with Crippen molar-refractivity contribution in [1.82, 2.24) is 16.0 Å². The van der Waals surface area contributed by atoms with Gasteiger partial charge in [-0.25, -0.2) is 8.78 Å². The zero-order valence-corrected chi connectivity index (χ0v) is 21.4. The molecule has 1 saturated carbocycles. The Labute approximate surface area is 208 Å². The van der Waals surface area contributed by atoms with Crippen molar-refractivity contribution in [2.75, 3.05) is 13.2 Å². The summed E-state index contributed by atoms with van der Waals surface area (Å²) in [6.45, 7) is 2.07. The van der Waals surface area contributed by atoms with Gasteiger partial charge < -0.3 is 25.4 Å². The minimum atomic E-state index is -2.92. The van der Waals surface area contributed by atoms with E-state index in [0.29, 0.717) is 24.5 Å². The number of halogens is 3. The second-order valence-corrected chi connectivity index (χ2v) is 7.57. The topological polar surface area (TPSA) is 84.0 Å².